The zero-order chi connectivity index (χ0) is 15.1. The molecule has 1 N–H and O–H groups in total. The molecule has 0 aromatic heterocycles. The lowest BCUT2D eigenvalue weighted by Crippen LogP contribution is -2.20. The number of thioether (sulfide) groups is 1. The van der Waals surface area contributed by atoms with Crippen molar-refractivity contribution in [2.75, 3.05) is 5.75 Å². The third-order valence-corrected chi connectivity index (χ3v) is 4.20. The first-order valence-corrected chi connectivity index (χ1v) is 8.22. The second kappa shape index (κ2) is 7.84. The summed E-state index contributed by atoms with van der Waals surface area (Å²) in [6.07, 6.45) is 0.852. The predicted octanol–water partition coefficient (Wildman–Crippen LogP) is 3.98. The Hall–Kier alpha value is -1.81. The van der Waals surface area contributed by atoms with E-state index in [1.807, 2.05) is 26.0 Å². The number of hydrazone groups is 1. The average molecular weight is 300 g/mol. The third kappa shape index (κ3) is 4.90. The van der Waals surface area contributed by atoms with Gasteiger partial charge in [0.2, 0.25) is 5.91 Å². The second-order valence-corrected chi connectivity index (χ2v) is 5.90. The monoisotopic (exact) mass is 300 g/mol. The number of carbonyl (C=O) groups is 1. The Labute approximate surface area is 129 Å². The standard InChI is InChI=1S/C17H20N2OS/c1-3-13(2)18-19-17(20)12-21-11-14-8-9-15-6-4-5-7-16(15)10-14/h4-10H,3,11-12H2,1-2H3,(H,19,20)/b18-13-. The largest absolute Gasteiger partial charge is 0.272 e. The first kappa shape index (κ1) is 15.6. The molecule has 0 radical (unpaired) electrons. The normalized spacial score (nSPS) is 11.6. The maximum atomic E-state index is 11.6. The summed E-state index contributed by atoms with van der Waals surface area (Å²) in [7, 11) is 0. The van der Waals surface area contributed by atoms with Crippen molar-refractivity contribution in [3.8, 4) is 0 Å². The van der Waals surface area contributed by atoms with Crippen LogP contribution in [-0.4, -0.2) is 17.4 Å². The Kier molecular flexibility index (Phi) is 5.81. The smallest absolute Gasteiger partial charge is 0.250 e. The van der Waals surface area contributed by atoms with Crippen molar-refractivity contribution in [2.24, 2.45) is 5.10 Å². The van der Waals surface area contributed by atoms with Gasteiger partial charge in [-0.15, -0.1) is 11.8 Å². The Bertz CT molecular complexity index is 652. The van der Waals surface area contributed by atoms with Crippen molar-refractivity contribution in [1.82, 2.24) is 5.43 Å². The number of carbonyl (C=O) groups excluding carboxylic acids is 1. The maximum Gasteiger partial charge on any atom is 0.250 e. The summed E-state index contributed by atoms with van der Waals surface area (Å²) in [5, 5.41) is 6.50. The zero-order valence-electron chi connectivity index (χ0n) is 12.4. The number of benzene rings is 2. The summed E-state index contributed by atoms with van der Waals surface area (Å²) in [6.45, 7) is 3.92. The minimum atomic E-state index is -0.0476. The van der Waals surface area contributed by atoms with E-state index < -0.39 is 0 Å². The van der Waals surface area contributed by atoms with Crippen molar-refractivity contribution in [3.63, 3.8) is 0 Å². The van der Waals surface area contributed by atoms with Crippen LogP contribution in [0, 0.1) is 0 Å². The molecule has 110 valence electrons. The van der Waals surface area contributed by atoms with Crippen LogP contribution in [0.5, 0.6) is 0 Å². The number of amides is 1. The molecule has 1 amide bonds. The maximum absolute atomic E-state index is 11.6. The summed E-state index contributed by atoms with van der Waals surface area (Å²) in [6, 6.07) is 14.7. The van der Waals surface area contributed by atoms with Gasteiger partial charge in [-0.05, 0) is 29.7 Å². The van der Waals surface area contributed by atoms with Crippen LogP contribution in [0.25, 0.3) is 10.8 Å². The lowest BCUT2D eigenvalue weighted by molar-refractivity contribution is -0.118. The van der Waals surface area contributed by atoms with Crippen molar-refractivity contribution < 1.29 is 4.79 Å². The molecule has 0 aliphatic heterocycles. The lowest BCUT2D eigenvalue weighted by Gasteiger charge is -2.04. The fourth-order valence-electron chi connectivity index (χ4n) is 1.86. The second-order valence-electron chi connectivity index (χ2n) is 4.91. The number of hydrogen-bond donors (Lipinski definition) is 1. The first-order chi connectivity index (χ1) is 10.2. The molecule has 0 saturated heterocycles. The summed E-state index contributed by atoms with van der Waals surface area (Å²) in [4.78, 5) is 11.6. The summed E-state index contributed by atoms with van der Waals surface area (Å²) in [5.41, 5.74) is 4.75. The summed E-state index contributed by atoms with van der Waals surface area (Å²) in [5.74, 6) is 1.20. The van der Waals surface area contributed by atoms with Crippen LogP contribution in [0.3, 0.4) is 0 Å². The highest BCUT2D eigenvalue weighted by Gasteiger charge is 2.02. The van der Waals surface area contributed by atoms with E-state index in [1.165, 1.54) is 16.3 Å². The molecule has 0 atom stereocenters. The molecule has 0 unspecified atom stereocenters. The van der Waals surface area contributed by atoms with Crippen molar-refractivity contribution in [2.45, 2.75) is 26.0 Å². The number of fused-ring (bicyclic) bond motifs is 1. The molecular formula is C17H20N2OS. The molecule has 0 saturated carbocycles. The summed E-state index contributed by atoms with van der Waals surface area (Å²) < 4.78 is 0. The van der Waals surface area contributed by atoms with E-state index in [9.17, 15) is 4.79 Å². The molecule has 2 aromatic rings. The van der Waals surface area contributed by atoms with Gasteiger partial charge in [0.25, 0.3) is 0 Å². The average Bonchev–Trinajstić information content (AvgIpc) is 2.52. The van der Waals surface area contributed by atoms with E-state index in [-0.39, 0.29) is 5.91 Å². The Morgan fingerprint density at radius 1 is 1.19 bits per heavy atom. The quantitative estimate of drug-likeness (QED) is 0.647. The van der Waals surface area contributed by atoms with E-state index in [1.54, 1.807) is 11.8 Å². The van der Waals surface area contributed by atoms with Gasteiger partial charge in [0.15, 0.2) is 0 Å². The van der Waals surface area contributed by atoms with Crippen LogP contribution >= 0.6 is 11.8 Å². The van der Waals surface area contributed by atoms with E-state index in [0.29, 0.717) is 5.75 Å². The molecule has 3 nitrogen and oxygen atoms in total. The fourth-order valence-corrected chi connectivity index (χ4v) is 2.63. The molecule has 0 fully saturated rings. The van der Waals surface area contributed by atoms with Crippen LogP contribution in [-0.2, 0) is 10.5 Å². The van der Waals surface area contributed by atoms with Crippen LogP contribution in [0.2, 0.25) is 0 Å². The third-order valence-electron chi connectivity index (χ3n) is 3.20. The number of nitrogens with zero attached hydrogens (tertiary/aromatic N) is 1. The zero-order valence-corrected chi connectivity index (χ0v) is 13.2. The molecule has 0 aliphatic rings. The molecule has 2 rings (SSSR count). The summed E-state index contributed by atoms with van der Waals surface area (Å²) >= 11 is 1.60. The minimum absolute atomic E-state index is 0.0476. The van der Waals surface area contributed by atoms with E-state index in [0.717, 1.165) is 17.9 Å². The van der Waals surface area contributed by atoms with Gasteiger partial charge < -0.3 is 0 Å². The predicted molar refractivity (Wildman–Crippen MR) is 91.7 cm³/mol. The van der Waals surface area contributed by atoms with Crippen LogP contribution in [0.4, 0.5) is 0 Å². The van der Waals surface area contributed by atoms with E-state index >= 15 is 0 Å². The lowest BCUT2D eigenvalue weighted by atomic mass is 10.1. The molecule has 0 heterocycles. The van der Waals surface area contributed by atoms with Crippen LogP contribution in [0.15, 0.2) is 47.6 Å². The van der Waals surface area contributed by atoms with E-state index in [2.05, 4.69) is 40.9 Å². The van der Waals surface area contributed by atoms with Gasteiger partial charge in [0, 0.05) is 11.5 Å². The Morgan fingerprint density at radius 3 is 2.71 bits per heavy atom. The molecular weight excluding hydrogens is 280 g/mol. The van der Waals surface area contributed by atoms with Gasteiger partial charge in [-0.2, -0.15) is 5.10 Å². The minimum Gasteiger partial charge on any atom is -0.272 e. The molecule has 0 bridgehead atoms. The van der Waals surface area contributed by atoms with Crippen LogP contribution in [0.1, 0.15) is 25.8 Å². The van der Waals surface area contributed by atoms with Crippen molar-refractivity contribution >= 4 is 34.2 Å². The van der Waals surface area contributed by atoms with Crippen molar-refractivity contribution in [3.05, 3.63) is 48.0 Å². The highest BCUT2D eigenvalue weighted by atomic mass is 32.2. The number of rotatable bonds is 6. The van der Waals surface area contributed by atoms with Gasteiger partial charge in [-0.3, -0.25) is 4.79 Å². The number of hydrogen-bond acceptors (Lipinski definition) is 3. The topological polar surface area (TPSA) is 41.5 Å². The fraction of sp³-hybridized carbons (Fsp3) is 0.294. The van der Waals surface area contributed by atoms with E-state index in [4.69, 9.17) is 0 Å². The molecule has 4 heteroatoms. The van der Waals surface area contributed by atoms with Gasteiger partial charge in [-0.25, -0.2) is 5.43 Å². The molecule has 2 aromatic carbocycles. The van der Waals surface area contributed by atoms with Gasteiger partial charge >= 0.3 is 0 Å². The molecule has 0 spiro atoms. The van der Waals surface area contributed by atoms with Gasteiger partial charge in [-0.1, -0.05) is 49.4 Å². The molecule has 21 heavy (non-hydrogen) atoms. The SMILES string of the molecule is CC/C(C)=N\NC(=O)CSCc1ccc2ccccc2c1. The first-order valence-electron chi connectivity index (χ1n) is 7.06. The number of nitrogens with one attached hydrogen (secondary N) is 1. The van der Waals surface area contributed by atoms with Crippen molar-refractivity contribution in [1.29, 1.82) is 0 Å². The van der Waals surface area contributed by atoms with Gasteiger partial charge in [0.05, 0.1) is 5.75 Å². The highest BCUT2D eigenvalue weighted by Crippen LogP contribution is 2.19. The highest BCUT2D eigenvalue weighted by molar-refractivity contribution is 7.99. The van der Waals surface area contributed by atoms with Crippen LogP contribution < -0.4 is 5.43 Å². The Morgan fingerprint density at radius 2 is 1.95 bits per heavy atom. The Balaban J connectivity index is 1.83. The molecule has 0 aliphatic carbocycles. The van der Waals surface area contributed by atoms with Gasteiger partial charge in [0.1, 0.15) is 0 Å².